The van der Waals surface area contributed by atoms with E-state index in [2.05, 4.69) is 74.3 Å². The second kappa shape index (κ2) is 8.92. The van der Waals surface area contributed by atoms with Crippen molar-refractivity contribution in [3.05, 3.63) is 47.5 Å². The van der Waals surface area contributed by atoms with Gasteiger partial charge in [-0.05, 0) is 78.7 Å². The summed E-state index contributed by atoms with van der Waals surface area (Å²) in [5.74, 6) is 1.05. The molecule has 1 saturated carbocycles. The summed E-state index contributed by atoms with van der Waals surface area (Å²) in [6.45, 7) is 11.4. The van der Waals surface area contributed by atoms with E-state index >= 15 is 0 Å². The summed E-state index contributed by atoms with van der Waals surface area (Å²) < 4.78 is 0. The number of anilines is 1. The molecule has 3 aliphatic rings. The number of nitrogens with zero attached hydrogens (tertiary/aromatic N) is 2. The summed E-state index contributed by atoms with van der Waals surface area (Å²) >= 11 is 0. The van der Waals surface area contributed by atoms with E-state index in [1.807, 2.05) is 0 Å². The fraction of sp³-hybridized carbons (Fsp3) is 0.621. The number of nitrogens with one attached hydrogen (secondary N) is 1. The predicted octanol–water partition coefficient (Wildman–Crippen LogP) is 4.54. The molecular weight excluding hydrogens is 422 g/mol. The van der Waals surface area contributed by atoms with Gasteiger partial charge in [0.25, 0.3) is 0 Å². The highest BCUT2D eigenvalue weighted by Crippen LogP contribution is 2.46. The Labute approximate surface area is 204 Å². The largest absolute Gasteiger partial charge is 0.390 e. The molecule has 0 bridgehead atoms. The van der Waals surface area contributed by atoms with Crippen LogP contribution in [0.1, 0.15) is 77.3 Å². The smallest absolute Gasteiger partial charge is 0.129 e. The Balaban J connectivity index is 1.30. The van der Waals surface area contributed by atoms with Crippen LogP contribution >= 0.6 is 0 Å². The lowest BCUT2D eigenvalue weighted by molar-refractivity contribution is 0.0276. The Morgan fingerprint density at radius 2 is 1.59 bits per heavy atom. The lowest BCUT2D eigenvalue weighted by atomic mass is 9.63. The van der Waals surface area contributed by atoms with Gasteiger partial charge in [-0.3, -0.25) is 0 Å². The first-order valence-electron chi connectivity index (χ1n) is 13.1. The van der Waals surface area contributed by atoms with Crippen molar-refractivity contribution in [1.82, 2.24) is 10.3 Å². The van der Waals surface area contributed by atoms with E-state index in [-0.39, 0.29) is 16.9 Å². The molecule has 2 fully saturated rings. The lowest BCUT2D eigenvalue weighted by Gasteiger charge is -2.42. The zero-order valence-electron chi connectivity index (χ0n) is 21.2. The molecule has 5 rings (SSSR count). The van der Waals surface area contributed by atoms with Gasteiger partial charge in [0.05, 0.1) is 17.9 Å². The highest BCUT2D eigenvalue weighted by Gasteiger charge is 2.37. The molecule has 1 saturated heterocycles. The van der Waals surface area contributed by atoms with Crippen molar-refractivity contribution < 1.29 is 10.2 Å². The van der Waals surface area contributed by atoms with Crippen molar-refractivity contribution in [2.75, 3.05) is 18.0 Å². The van der Waals surface area contributed by atoms with Crippen LogP contribution in [0.25, 0.3) is 11.3 Å². The molecule has 184 valence electrons. The lowest BCUT2D eigenvalue weighted by Crippen LogP contribution is -2.49. The predicted molar refractivity (Wildman–Crippen MR) is 138 cm³/mol. The summed E-state index contributed by atoms with van der Waals surface area (Å²) in [5.41, 5.74) is 5.62. The van der Waals surface area contributed by atoms with Crippen LogP contribution in [0, 0.1) is 0 Å². The van der Waals surface area contributed by atoms with Gasteiger partial charge in [0, 0.05) is 30.7 Å². The molecule has 2 heterocycles. The maximum absolute atomic E-state index is 10.2. The van der Waals surface area contributed by atoms with E-state index in [4.69, 9.17) is 4.98 Å². The number of fused-ring (bicyclic) bond motifs is 1. The highest BCUT2D eigenvalue weighted by molar-refractivity contribution is 5.65. The number of piperidine rings is 1. The molecule has 0 unspecified atom stereocenters. The Morgan fingerprint density at radius 3 is 2.26 bits per heavy atom. The zero-order chi connectivity index (χ0) is 24.1. The average Bonchev–Trinajstić information content (AvgIpc) is 3.14. The first-order chi connectivity index (χ1) is 16.1. The number of aliphatic hydroxyl groups excluding tert-OH is 2. The molecule has 0 radical (unpaired) electrons. The molecule has 3 N–H and O–H groups in total. The van der Waals surface area contributed by atoms with E-state index in [9.17, 15) is 10.2 Å². The summed E-state index contributed by atoms with van der Waals surface area (Å²) in [6, 6.07) is 13.8. The third kappa shape index (κ3) is 4.50. The summed E-state index contributed by atoms with van der Waals surface area (Å²) in [4.78, 5) is 7.46. The first-order valence-corrected chi connectivity index (χ1v) is 13.1. The number of aromatic nitrogens is 1. The number of hydrogen-bond donors (Lipinski definition) is 3. The SMILES string of the molecule is CC1(C)CCC(C)(C)c2cc(-c3cccc(N4CCC(N[C@@H]5CC[C@@H](O)[C@H]5O)CC4)n3)ccc21. The van der Waals surface area contributed by atoms with Crippen LogP contribution in [-0.4, -0.2) is 52.6 Å². The maximum atomic E-state index is 10.2. The fourth-order valence-corrected chi connectivity index (χ4v) is 6.23. The van der Waals surface area contributed by atoms with E-state index in [0.717, 1.165) is 43.9 Å². The number of aliphatic hydroxyl groups is 2. The van der Waals surface area contributed by atoms with Crippen molar-refractivity contribution in [3.8, 4) is 11.3 Å². The molecule has 5 heteroatoms. The van der Waals surface area contributed by atoms with E-state index in [0.29, 0.717) is 12.5 Å². The number of benzene rings is 1. The molecule has 2 aromatic rings. The number of rotatable bonds is 4. The second-order valence-electron chi connectivity index (χ2n) is 12.1. The number of hydrogen-bond acceptors (Lipinski definition) is 5. The van der Waals surface area contributed by atoms with Crippen LogP contribution < -0.4 is 10.2 Å². The minimum absolute atomic E-state index is 0.0197. The van der Waals surface area contributed by atoms with Crippen molar-refractivity contribution in [1.29, 1.82) is 0 Å². The maximum Gasteiger partial charge on any atom is 0.129 e. The average molecular weight is 464 g/mol. The molecule has 5 nitrogen and oxygen atoms in total. The number of pyridine rings is 1. The molecule has 1 aromatic heterocycles. The Morgan fingerprint density at radius 1 is 0.882 bits per heavy atom. The van der Waals surface area contributed by atoms with Gasteiger partial charge in [0.2, 0.25) is 0 Å². The van der Waals surface area contributed by atoms with Crippen LogP contribution in [0.4, 0.5) is 5.82 Å². The zero-order valence-corrected chi connectivity index (χ0v) is 21.2. The van der Waals surface area contributed by atoms with Gasteiger partial charge < -0.3 is 20.4 Å². The summed E-state index contributed by atoms with van der Waals surface area (Å²) in [6.07, 6.45) is 4.80. The van der Waals surface area contributed by atoms with Crippen LogP contribution in [0.5, 0.6) is 0 Å². The van der Waals surface area contributed by atoms with Gasteiger partial charge in [0.1, 0.15) is 5.82 Å². The van der Waals surface area contributed by atoms with Gasteiger partial charge in [-0.1, -0.05) is 45.9 Å². The molecule has 34 heavy (non-hydrogen) atoms. The summed E-state index contributed by atoms with van der Waals surface area (Å²) in [7, 11) is 0. The molecule has 1 aliphatic heterocycles. The van der Waals surface area contributed by atoms with Gasteiger partial charge >= 0.3 is 0 Å². The van der Waals surface area contributed by atoms with Gasteiger partial charge in [-0.15, -0.1) is 0 Å². The fourth-order valence-electron chi connectivity index (χ4n) is 6.23. The first kappa shape index (κ1) is 23.8. The quantitative estimate of drug-likeness (QED) is 0.621. The van der Waals surface area contributed by atoms with E-state index in [1.54, 1.807) is 0 Å². The van der Waals surface area contributed by atoms with Gasteiger partial charge in [-0.2, -0.15) is 0 Å². The Hall–Kier alpha value is -1.95. The normalized spacial score (nSPS) is 28.6. The molecule has 2 aliphatic carbocycles. The third-order valence-electron chi connectivity index (χ3n) is 8.73. The van der Waals surface area contributed by atoms with E-state index in [1.165, 1.54) is 29.5 Å². The topological polar surface area (TPSA) is 68.6 Å². The molecule has 0 amide bonds. The van der Waals surface area contributed by atoms with Gasteiger partial charge in [-0.25, -0.2) is 4.98 Å². The minimum Gasteiger partial charge on any atom is -0.390 e. The van der Waals surface area contributed by atoms with Crippen molar-refractivity contribution >= 4 is 5.82 Å². The summed E-state index contributed by atoms with van der Waals surface area (Å²) in [5, 5.41) is 23.6. The Bertz CT molecular complexity index is 1030. The third-order valence-corrected chi connectivity index (χ3v) is 8.73. The molecule has 0 spiro atoms. The van der Waals surface area contributed by atoms with Gasteiger partial charge in [0.15, 0.2) is 0 Å². The Kier molecular flexibility index (Phi) is 6.24. The van der Waals surface area contributed by atoms with E-state index < -0.39 is 12.2 Å². The van der Waals surface area contributed by atoms with Crippen LogP contribution in [-0.2, 0) is 10.8 Å². The standard InChI is InChI=1S/C29H41N3O2/c1-28(2)14-15-29(3,4)22-18-19(8-9-21(22)28)23-6-5-7-26(31-23)32-16-12-20(13-17-32)30-24-10-11-25(33)27(24)34/h5-9,18,20,24-25,27,30,33-34H,10-17H2,1-4H3/t24-,25-,27+/m1/s1. The minimum atomic E-state index is -0.636. The van der Waals surface area contributed by atoms with Crippen LogP contribution in [0.15, 0.2) is 36.4 Å². The molecular formula is C29H41N3O2. The highest BCUT2D eigenvalue weighted by atomic mass is 16.3. The van der Waals surface area contributed by atoms with Crippen molar-refractivity contribution in [2.45, 2.75) is 101 Å². The molecule has 3 atom stereocenters. The van der Waals surface area contributed by atoms with Crippen molar-refractivity contribution in [2.24, 2.45) is 0 Å². The van der Waals surface area contributed by atoms with Crippen molar-refractivity contribution in [3.63, 3.8) is 0 Å². The van der Waals surface area contributed by atoms with Crippen LogP contribution in [0.2, 0.25) is 0 Å². The molecule has 1 aromatic carbocycles. The second-order valence-corrected chi connectivity index (χ2v) is 12.1. The van der Waals surface area contributed by atoms with Crippen LogP contribution in [0.3, 0.4) is 0 Å². The monoisotopic (exact) mass is 463 g/mol.